The minimum atomic E-state index is -0.357. The second-order valence-electron chi connectivity index (χ2n) is 4.58. The van der Waals surface area contributed by atoms with Crippen LogP contribution in [0.5, 0.6) is 0 Å². The van der Waals surface area contributed by atoms with Gasteiger partial charge in [-0.1, -0.05) is 6.07 Å². The third kappa shape index (κ3) is 3.00. The number of nitrogens with zero attached hydrogens (tertiary/aromatic N) is 3. The molecule has 4 nitrogen and oxygen atoms in total. The van der Waals surface area contributed by atoms with E-state index in [4.69, 9.17) is 0 Å². The standard InChI is InChI=1S/C14H15N3OS/c18-13(4-3-11-2-1-5-15-9-11)8-12-10-17-6-7-19-14(17)16-12/h1-2,5-7,9-10,13,18H,3-4,8H2. The number of aliphatic hydroxyl groups is 1. The van der Waals surface area contributed by atoms with Crippen molar-refractivity contribution in [2.75, 3.05) is 0 Å². The minimum absolute atomic E-state index is 0.357. The first kappa shape index (κ1) is 12.3. The average molecular weight is 273 g/mol. The van der Waals surface area contributed by atoms with Gasteiger partial charge < -0.3 is 5.11 Å². The van der Waals surface area contributed by atoms with Gasteiger partial charge in [0.05, 0.1) is 11.8 Å². The lowest BCUT2D eigenvalue weighted by Gasteiger charge is -2.08. The van der Waals surface area contributed by atoms with Crippen molar-refractivity contribution in [3.63, 3.8) is 0 Å². The normalized spacial score (nSPS) is 12.9. The van der Waals surface area contributed by atoms with Gasteiger partial charge in [-0.3, -0.25) is 9.38 Å². The van der Waals surface area contributed by atoms with E-state index >= 15 is 0 Å². The third-order valence-electron chi connectivity index (χ3n) is 3.08. The highest BCUT2D eigenvalue weighted by Crippen LogP contribution is 2.14. The van der Waals surface area contributed by atoms with Crippen molar-refractivity contribution in [1.29, 1.82) is 0 Å². The maximum Gasteiger partial charge on any atom is 0.193 e. The van der Waals surface area contributed by atoms with Crippen molar-refractivity contribution >= 4 is 16.3 Å². The molecule has 0 fully saturated rings. The van der Waals surface area contributed by atoms with Crippen LogP contribution in [0.2, 0.25) is 0 Å². The molecule has 0 spiro atoms. The highest BCUT2D eigenvalue weighted by molar-refractivity contribution is 7.15. The largest absolute Gasteiger partial charge is 0.393 e. The van der Waals surface area contributed by atoms with Crippen LogP contribution in [-0.4, -0.2) is 25.6 Å². The van der Waals surface area contributed by atoms with Crippen molar-refractivity contribution in [1.82, 2.24) is 14.4 Å². The van der Waals surface area contributed by atoms with Crippen LogP contribution in [0.15, 0.2) is 42.3 Å². The molecule has 0 amide bonds. The van der Waals surface area contributed by atoms with Gasteiger partial charge in [-0.2, -0.15) is 0 Å². The summed E-state index contributed by atoms with van der Waals surface area (Å²) < 4.78 is 1.99. The number of imidazole rings is 1. The van der Waals surface area contributed by atoms with Crippen LogP contribution in [-0.2, 0) is 12.8 Å². The summed E-state index contributed by atoms with van der Waals surface area (Å²) in [4.78, 5) is 9.53. The van der Waals surface area contributed by atoms with Crippen molar-refractivity contribution in [2.24, 2.45) is 0 Å². The van der Waals surface area contributed by atoms with E-state index in [0.717, 1.165) is 29.1 Å². The number of hydrogen-bond acceptors (Lipinski definition) is 4. The molecule has 98 valence electrons. The molecule has 3 heterocycles. The van der Waals surface area contributed by atoms with Gasteiger partial charge in [0.2, 0.25) is 0 Å². The molecular formula is C14H15N3OS. The number of thiazole rings is 1. The number of fused-ring (bicyclic) bond motifs is 1. The molecule has 0 aliphatic rings. The zero-order chi connectivity index (χ0) is 13.1. The highest BCUT2D eigenvalue weighted by atomic mass is 32.1. The topological polar surface area (TPSA) is 50.4 Å². The smallest absolute Gasteiger partial charge is 0.193 e. The highest BCUT2D eigenvalue weighted by Gasteiger charge is 2.09. The average Bonchev–Trinajstić information content (AvgIpc) is 2.98. The van der Waals surface area contributed by atoms with Gasteiger partial charge in [0.1, 0.15) is 0 Å². The van der Waals surface area contributed by atoms with Crippen LogP contribution in [0.4, 0.5) is 0 Å². The number of hydrogen-bond donors (Lipinski definition) is 1. The van der Waals surface area contributed by atoms with Crippen molar-refractivity contribution in [2.45, 2.75) is 25.4 Å². The van der Waals surface area contributed by atoms with Crippen molar-refractivity contribution < 1.29 is 5.11 Å². The molecule has 5 heteroatoms. The fraction of sp³-hybridized carbons (Fsp3) is 0.286. The molecular weight excluding hydrogens is 258 g/mol. The molecule has 0 aromatic carbocycles. The Hall–Kier alpha value is -1.72. The summed E-state index contributed by atoms with van der Waals surface area (Å²) in [5.41, 5.74) is 2.11. The maximum atomic E-state index is 10.1. The summed E-state index contributed by atoms with van der Waals surface area (Å²) >= 11 is 1.61. The molecule has 3 aromatic rings. The first-order valence-corrected chi connectivity index (χ1v) is 7.17. The van der Waals surface area contributed by atoms with Crippen LogP contribution in [0.1, 0.15) is 17.7 Å². The summed E-state index contributed by atoms with van der Waals surface area (Å²) in [7, 11) is 0. The van der Waals surface area contributed by atoms with E-state index in [1.807, 2.05) is 40.5 Å². The molecule has 0 saturated heterocycles. The lowest BCUT2D eigenvalue weighted by Crippen LogP contribution is -2.12. The van der Waals surface area contributed by atoms with Gasteiger partial charge >= 0.3 is 0 Å². The SMILES string of the molecule is OC(CCc1cccnc1)Cc1cn2ccsc2n1. The molecule has 1 unspecified atom stereocenters. The Kier molecular flexibility index (Phi) is 3.57. The Morgan fingerprint density at radius 3 is 3.16 bits per heavy atom. The molecule has 3 aromatic heterocycles. The lowest BCUT2D eigenvalue weighted by atomic mass is 10.1. The zero-order valence-corrected chi connectivity index (χ0v) is 11.3. The molecule has 0 aliphatic heterocycles. The number of aliphatic hydroxyl groups excluding tert-OH is 1. The van der Waals surface area contributed by atoms with Crippen molar-refractivity contribution in [3.8, 4) is 0 Å². The number of pyridine rings is 1. The fourth-order valence-electron chi connectivity index (χ4n) is 2.10. The summed E-state index contributed by atoms with van der Waals surface area (Å²) in [6, 6.07) is 3.96. The first-order valence-electron chi connectivity index (χ1n) is 6.29. The second kappa shape index (κ2) is 5.50. The van der Waals surface area contributed by atoms with E-state index in [9.17, 15) is 5.11 Å². The molecule has 3 rings (SSSR count). The Labute approximate surface area is 115 Å². The maximum absolute atomic E-state index is 10.1. The Morgan fingerprint density at radius 2 is 2.37 bits per heavy atom. The van der Waals surface area contributed by atoms with Gasteiger partial charge in [-0.25, -0.2) is 4.98 Å². The van der Waals surface area contributed by atoms with Crippen LogP contribution < -0.4 is 0 Å². The zero-order valence-electron chi connectivity index (χ0n) is 10.4. The molecule has 1 N–H and O–H groups in total. The van der Waals surface area contributed by atoms with Crippen LogP contribution in [0.3, 0.4) is 0 Å². The molecule has 0 saturated carbocycles. The molecule has 19 heavy (non-hydrogen) atoms. The van der Waals surface area contributed by atoms with E-state index in [2.05, 4.69) is 9.97 Å². The van der Waals surface area contributed by atoms with Gasteiger partial charge in [0.15, 0.2) is 4.96 Å². The quantitative estimate of drug-likeness (QED) is 0.776. The second-order valence-corrected chi connectivity index (χ2v) is 5.46. The minimum Gasteiger partial charge on any atom is -0.393 e. The fourth-order valence-corrected chi connectivity index (χ4v) is 2.82. The van der Waals surface area contributed by atoms with E-state index < -0.39 is 0 Å². The Morgan fingerprint density at radius 1 is 1.42 bits per heavy atom. The van der Waals surface area contributed by atoms with Gasteiger partial charge in [0.25, 0.3) is 0 Å². The number of aromatic nitrogens is 3. The summed E-state index contributed by atoms with van der Waals surface area (Å²) in [5.74, 6) is 0. The third-order valence-corrected chi connectivity index (χ3v) is 3.85. The Bertz CT molecular complexity index is 618. The molecule has 0 bridgehead atoms. The molecule has 0 radical (unpaired) electrons. The summed E-state index contributed by atoms with van der Waals surface area (Å²) in [6.45, 7) is 0. The van der Waals surface area contributed by atoms with Gasteiger partial charge in [-0.15, -0.1) is 11.3 Å². The van der Waals surface area contributed by atoms with E-state index in [-0.39, 0.29) is 6.10 Å². The molecule has 1 atom stereocenters. The van der Waals surface area contributed by atoms with E-state index in [1.165, 1.54) is 0 Å². The molecule has 0 aliphatic carbocycles. The first-order chi connectivity index (χ1) is 9.31. The van der Waals surface area contributed by atoms with Crippen LogP contribution >= 0.6 is 11.3 Å². The summed E-state index contributed by atoms with van der Waals surface area (Å²) in [6.07, 6.45) is 9.40. The van der Waals surface area contributed by atoms with Gasteiger partial charge in [-0.05, 0) is 24.5 Å². The van der Waals surface area contributed by atoms with Gasteiger partial charge in [0, 0.05) is 36.6 Å². The number of aryl methyl sites for hydroxylation is 1. The van der Waals surface area contributed by atoms with Crippen LogP contribution in [0.25, 0.3) is 4.96 Å². The predicted octanol–water partition coefficient (Wildman–Crippen LogP) is 2.33. The Balaban J connectivity index is 1.56. The van der Waals surface area contributed by atoms with E-state index in [1.54, 1.807) is 17.5 Å². The summed E-state index contributed by atoms with van der Waals surface area (Å²) in [5, 5.41) is 12.1. The van der Waals surface area contributed by atoms with E-state index in [0.29, 0.717) is 6.42 Å². The monoisotopic (exact) mass is 273 g/mol. The predicted molar refractivity (Wildman–Crippen MR) is 75.3 cm³/mol. The lowest BCUT2D eigenvalue weighted by molar-refractivity contribution is 0.164. The number of rotatable bonds is 5. The van der Waals surface area contributed by atoms with Crippen LogP contribution in [0, 0.1) is 0 Å². The van der Waals surface area contributed by atoms with Crippen molar-refractivity contribution in [3.05, 3.63) is 53.6 Å².